The van der Waals surface area contributed by atoms with E-state index in [4.69, 9.17) is 14.2 Å². The van der Waals surface area contributed by atoms with Gasteiger partial charge in [0.1, 0.15) is 13.2 Å². The molecule has 0 spiro atoms. The molecule has 398 valence electrons. The van der Waals surface area contributed by atoms with Gasteiger partial charge in [-0.2, -0.15) is 0 Å². The van der Waals surface area contributed by atoms with Gasteiger partial charge < -0.3 is 14.2 Å². The highest BCUT2D eigenvalue weighted by Gasteiger charge is 2.19. The first-order chi connectivity index (χ1) is 32.7. The van der Waals surface area contributed by atoms with Crippen LogP contribution in [0.25, 0.3) is 0 Å². The standard InChI is InChI=1S/C61H118O6/c1-6-7-8-9-10-11-12-13-14-15-16-17-20-24-27-32-38-43-48-53-61(64)67-58(55-66-60(63)52-47-42-37-33-28-30-35-40-45-50-57(4)5)54-65-59(62)51-46-41-36-31-26-23-21-18-19-22-25-29-34-39-44-49-56(2)3/h56-58H,6-55H2,1-5H3/t58-/m0/s1. The average molecular weight is 948 g/mol. The van der Waals surface area contributed by atoms with Crippen LogP contribution in [0.15, 0.2) is 0 Å². The maximum atomic E-state index is 12.9. The van der Waals surface area contributed by atoms with E-state index < -0.39 is 6.10 Å². The van der Waals surface area contributed by atoms with Crippen LogP contribution >= 0.6 is 0 Å². The minimum atomic E-state index is -0.763. The van der Waals surface area contributed by atoms with Gasteiger partial charge in [-0.25, -0.2) is 0 Å². The molecule has 0 radical (unpaired) electrons. The maximum absolute atomic E-state index is 12.9. The molecular formula is C61H118O6. The quantitative estimate of drug-likeness (QED) is 0.0343. The predicted molar refractivity (Wildman–Crippen MR) is 289 cm³/mol. The number of hydrogen-bond donors (Lipinski definition) is 0. The summed E-state index contributed by atoms with van der Waals surface area (Å²) >= 11 is 0. The molecular weight excluding hydrogens is 829 g/mol. The van der Waals surface area contributed by atoms with Crippen molar-refractivity contribution in [2.75, 3.05) is 13.2 Å². The van der Waals surface area contributed by atoms with Gasteiger partial charge >= 0.3 is 17.9 Å². The fourth-order valence-electron chi connectivity index (χ4n) is 9.40. The Morgan fingerprint density at radius 1 is 0.284 bits per heavy atom. The van der Waals surface area contributed by atoms with E-state index in [9.17, 15) is 14.4 Å². The first-order valence-corrected chi connectivity index (χ1v) is 30.2. The van der Waals surface area contributed by atoms with Crippen LogP contribution in [0.5, 0.6) is 0 Å². The highest BCUT2D eigenvalue weighted by atomic mass is 16.6. The van der Waals surface area contributed by atoms with Crippen LogP contribution in [0.2, 0.25) is 0 Å². The van der Waals surface area contributed by atoms with Crippen LogP contribution in [0.4, 0.5) is 0 Å². The number of rotatable bonds is 55. The number of ether oxygens (including phenoxy) is 3. The summed E-state index contributed by atoms with van der Waals surface area (Å²) in [6.07, 6.45) is 58.2. The van der Waals surface area contributed by atoms with Crippen molar-refractivity contribution >= 4 is 17.9 Å². The second-order valence-corrected chi connectivity index (χ2v) is 21.9. The first kappa shape index (κ1) is 65.4. The summed E-state index contributed by atoms with van der Waals surface area (Å²) in [4.78, 5) is 38.2. The number of carbonyl (C=O) groups is 3. The second kappa shape index (κ2) is 53.8. The molecule has 6 nitrogen and oxygen atoms in total. The number of esters is 3. The Morgan fingerprint density at radius 3 is 0.731 bits per heavy atom. The molecule has 0 aromatic rings. The lowest BCUT2D eigenvalue weighted by molar-refractivity contribution is -0.167. The minimum Gasteiger partial charge on any atom is -0.462 e. The number of unbranched alkanes of at least 4 members (excludes halogenated alkanes) is 40. The third kappa shape index (κ3) is 55.2. The molecule has 0 fully saturated rings. The van der Waals surface area contributed by atoms with E-state index in [2.05, 4.69) is 34.6 Å². The van der Waals surface area contributed by atoms with Gasteiger partial charge in [0.15, 0.2) is 6.10 Å². The summed E-state index contributed by atoms with van der Waals surface area (Å²) in [5.74, 6) is 0.820. The molecule has 0 aromatic heterocycles. The molecule has 0 aliphatic rings. The zero-order chi connectivity index (χ0) is 48.9. The monoisotopic (exact) mass is 947 g/mol. The molecule has 0 N–H and O–H groups in total. The molecule has 0 amide bonds. The van der Waals surface area contributed by atoms with Crippen molar-refractivity contribution in [3.05, 3.63) is 0 Å². The molecule has 6 heteroatoms. The minimum absolute atomic E-state index is 0.0627. The Balaban J connectivity index is 4.26. The maximum Gasteiger partial charge on any atom is 0.306 e. The van der Waals surface area contributed by atoms with E-state index in [-0.39, 0.29) is 31.1 Å². The Kier molecular flexibility index (Phi) is 52.5. The Hall–Kier alpha value is -1.59. The van der Waals surface area contributed by atoms with Crippen LogP contribution in [-0.2, 0) is 28.6 Å². The van der Waals surface area contributed by atoms with E-state index in [0.717, 1.165) is 69.6 Å². The van der Waals surface area contributed by atoms with Crippen molar-refractivity contribution in [2.24, 2.45) is 11.8 Å². The largest absolute Gasteiger partial charge is 0.462 e. The van der Waals surface area contributed by atoms with Gasteiger partial charge in [-0.15, -0.1) is 0 Å². The zero-order valence-corrected chi connectivity index (χ0v) is 46.0. The van der Waals surface area contributed by atoms with Crippen LogP contribution in [0.1, 0.15) is 343 Å². The smallest absolute Gasteiger partial charge is 0.306 e. The molecule has 0 bridgehead atoms. The van der Waals surface area contributed by atoms with E-state index in [1.54, 1.807) is 0 Å². The summed E-state index contributed by atoms with van der Waals surface area (Å²) in [6, 6.07) is 0. The van der Waals surface area contributed by atoms with Crippen LogP contribution in [-0.4, -0.2) is 37.2 Å². The van der Waals surface area contributed by atoms with Crippen molar-refractivity contribution in [3.8, 4) is 0 Å². The molecule has 0 aliphatic carbocycles. The highest BCUT2D eigenvalue weighted by molar-refractivity contribution is 5.71. The van der Waals surface area contributed by atoms with E-state index in [1.165, 1.54) is 231 Å². The van der Waals surface area contributed by atoms with E-state index in [1.807, 2.05) is 0 Å². The van der Waals surface area contributed by atoms with Crippen molar-refractivity contribution in [1.29, 1.82) is 0 Å². The van der Waals surface area contributed by atoms with Gasteiger partial charge in [0, 0.05) is 19.3 Å². The van der Waals surface area contributed by atoms with Crippen LogP contribution in [0.3, 0.4) is 0 Å². The fraction of sp³-hybridized carbons (Fsp3) is 0.951. The normalized spacial score (nSPS) is 12.0. The molecule has 0 aliphatic heterocycles. The van der Waals surface area contributed by atoms with E-state index >= 15 is 0 Å². The number of hydrogen-bond acceptors (Lipinski definition) is 6. The topological polar surface area (TPSA) is 78.9 Å². The average Bonchev–Trinajstić information content (AvgIpc) is 3.30. The first-order valence-electron chi connectivity index (χ1n) is 30.2. The summed E-state index contributed by atoms with van der Waals surface area (Å²) in [5.41, 5.74) is 0. The van der Waals surface area contributed by atoms with Gasteiger partial charge in [-0.3, -0.25) is 14.4 Å². The Bertz CT molecular complexity index is 1020. The lowest BCUT2D eigenvalue weighted by atomic mass is 10.0. The summed E-state index contributed by atoms with van der Waals surface area (Å²) in [6.45, 7) is 11.4. The van der Waals surface area contributed by atoms with Crippen molar-refractivity contribution in [3.63, 3.8) is 0 Å². The highest BCUT2D eigenvalue weighted by Crippen LogP contribution is 2.18. The molecule has 0 unspecified atom stereocenters. The van der Waals surface area contributed by atoms with Gasteiger partial charge in [-0.1, -0.05) is 304 Å². The molecule has 0 saturated carbocycles. The van der Waals surface area contributed by atoms with Crippen LogP contribution in [0, 0.1) is 11.8 Å². The summed E-state index contributed by atoms with van der Waals surface area (Å²) in [7, 11) is 0. The molecule has 0 aromatic carbocycles. The molecule has 0 heterocycles. The second-order valence-electron chi connectivity index (χ2n) is 21.9. The van der Waals surface area contributed by atoms with Gasteiger partial charge in [-0.05, 0) is 31.1 Å². The number of carbonyl (C=O) groups excluding carboxylic acids is 3. The van der Waals surface area contributed by atoms with Crippen molar-refractivity contribution < 1.29 is 28.6 Å². The van der Waals surface area contributed by atoms with Crippen molar-refractivity contribution in [2.45, 2.75) is 349 Å². The van der Waals surface area contributed by atoms with Gasteiger partial charge in [0.05, 0.1) is 0 Å². The van der Waals surface area contributed by atoms with Gasteiger partial charge in [0.2, 0.25) is 0 Å². The third-order valence-corrected chi connectivity index (χ3v) is 14.0. The molecule has 0 rings (SSSR count). The third-order valence-electron chi connectivity index (χ3n) is 14.0. The predicted octanol–water partition coefficient (Wildman–Crippen LogP) is 20.0. The fourth-order valence-corrected chi connectivity index (χ4v) is 9.40. The molecule has 0 saturated heterocycles. The zero-order valence-electron chi connectivity index (χ0n) is 46.0. The van der Waals surface area contributed by atoms with Crippen LogP contribution < -0.4 is 0 Å². The SMILES string of the molecule is CCCCCCCCCCCCCCCCCCCCCC(=O)O[C@@H](COC(=O)CCCCCCCCCCCCCCCCCC(C)C)COC(=O)CCCCCCCCCCCC(C)C. The summed E-state index contributed by atoms with van der Waals surface area (Å²) in [5, 5.41) is 0. The Labute approximate surface area is 418 Å². The lowest BCUT2D eigenvalue weighted by Gasteiger charge is -2.18. The van der Waals surface area contributed by atoms with Gasteiger partial charge in [0.25, 0.3) is 0 Å². The molecule has 67 heavy (non-hydrogen) atoms. The lowest BCUT2D eigenvalue weighted by Crippen LogP contribution is -2.30. The van der Waals surface area contributed by atoms with Crippen molar-refractivity contribution in [1.82, 2.24) is 0 Å². The molecule has 1 atom stereocenters. The summed E-state index contributed by atoms with van der Waals surface area (Å²) < 4.78 is 16.9. The Morgan fingerprint density at radius 2 is 0.493 bits per heavy atom. The van der Waals surface area contributed by atoms with E-state index in [0.29, 0.717) is 19.3 Å².